The second kappa shape index (κ2) is 11.6. The van der Waals surface area contributed by atoms with E-state index in [4.69, 9.17) is 0 Å². The molecule has 0 bridgehead atoms. The second-order valence-corrected chi connectivity index (χ2v) is 16.8. The van der Waals surface area contributed by atoms with Crippen molar-refractivity contribution in [1.29, 1.82) is 0 Å². The van der Waals surface area contributed by atoms with E-state index in [2.05, 4.69) is 199 Å². The lowest BCUT2D eigenvalue weighted by molar-refractivity contribution is 0.662. The van der Waals surface area contributed by atoms with E-state index in [0.29, 0.717) is 5.39 Å². The van der Waals surface area contributed by atoms with Crippen molar-refractivity contribution in [2.75, 3.05) is 0 Å². The first-order valence-corrected chi connectivity index (χ1v) is 20.5. The Balaban J connectivity index is 1.13. The number of pyridine rings is 1. The minimum Gasteiger partial charge on any atom is -0.309 e. The van der Waals surface area contributed by atoms with Crippen molar-refractivity contribution >= 4 is 86.7 Å². The van der Waals surface area contributed by atoms with E-state index < -0.39 is 0 Å². The molecular weight excluding hydrogens is 717 g/mol. The van der Waals surface area contributed by atoms with Crippen LogP contribution in [-0.4, -0.2) is 9.13 Å². The van der Waals surface area contributed by atoms with Gasteiger partial charge in [0.15, 0.2) is 5.43 Å². The van der Waals surface area contributed by atoms with Gasteiger partial charge < -0.3 is 9.13 Å². The summed E-state index contributed by atoms with van der Waals surface area (Å²) in [5.41, 5.74) is 10.8. The molecule has 0 radical (unpaired) electrons. The van der Waals surface area contributed by atoms with Crippen LogP contribution in [0.5, 0.6) is 0 Å². The average molecular weight is 753 g/mol. The topological polar surface area (TPSA) is 26.9 Å². The van der Waals surface area contributed by atoms with E-state index in [9.17, 15) is 0 Å². The van der Waals surface area contributed by atoms with E-state index in [1.807, 2.05) is 6.07 Å². The number of hydrogen-bond acceptors (Lipinski definition) is 1. The molecule has 0 atom stereocenters. The standard InChI is InChI=1S/C56H36N2O/c1-56(2)49-31-44-40-21-8-6-19-38(40)37-18-5-7-20-39(37)43(44)29-45(49)46-30-48-54(32-50(46)56)58(53-27-34-15-4-3-14-33(34)26-47(53)55(48)59)36-17-13-16-35(28-36)57-51-24-11-9-22-41(51)42-23-10-12-25-52(42)57/h3-32H,1-2H3. The number of benzene rings is 10. The molecule has 0 spiro atoms. The van der Waals surface area contributed by atoms with Crippen LogP contribution < -0.4 is 5.43 Å². The third kappa shape index (κ3) is 4.34. The van der Waals surface area contributed by atoms with E-state index in [1.54, 1.807) is 0 Å². The lowest BCUT2D eigenvalue weighted by Crippen LogP contribution is -2.16. The van der Waals surface area contributed by atoms with Crippen molar-refractivity contribution in [1.82, 2.24) is 9.13 Å². The third-order valence-corrected chi connectivity index (χ3v) is 13.4. The number of nitrogens with zero attached hydrogens (tertiary/aromatic N) is 2. The van der Waals surface area contributed by atoms with Gasteiger partial charge in [-0.1, -0.05) is 129 Å². The second-order valence-electron chi connectivity index (χ2n) is 16.8. The van der Waals surface area contributed by atoms with Crippen LogP contribution >= 0.6 is 0 Å². The molecule has 0 unspecified atom stereocenters. The summed E-state index contributed by atoms with van der Waals surface area (Å²) in [7, 11) is 0. The quantitative estimate of drug-likeness (QED) is 0.128. The van der Waals surface area contributed by atoms with E-state index in [-0.39, 0.29) is 10.8 Å². The maximum atomic E-state index is 15.1. The fourth-order valence-corrected chi connectivity index (χ4v) is 10.7. The normalized spacial score (nSPS) is 13.5. The summed E-state index contributed by atoms with van der Waals surface area (Å²) < 4.78 is 4.71. The largest absolute Gasteiger partial charge is 0.309 e. The molecule has 0 aliphatic heterocycles. The van der Waals surface area contributed by atoms with Gasteiger partial charge in [-0.2, -0.15) is 0 Å². The molecule has 0 N–H and O–H groups in total. The summed E-state index contributed by atoms with van der Waals surface area (Å²) in [4.78, 5) is 15.1. The van der Waals surface area contributed by atoms with Gasteiger partial charge in [-0.25, -0.2) is 0 Å². The molecule has 2 heterocycles. The minimum absolute atomic E-state index is 0.0573. The first kappa shape index (κ1) is 32.6. The fraction of sp³-hybridized carbons (Fsp3) is 0.0536. The summed E-state index contributed by atoms with van der Waals surface area (Å²) in [5.74, 6) is 0. The van der Waals surface area contributed by atoms with Gasteiger partial charge in [0, 0.05) is 38.3 Å². The number of para-hydroxylation sites is 2. The van der Waals surface area contributed by atoms with Crippen molar-refractivity contribution in [3.63, 3.8) is 0 Å². The van der Waals surface area contributed by atoms with Crippen LogP contribution in [0.1, 0.15) is 25.0 Å². The van der Waals surface area contributed by atoms with Crippen molar-refractivity contribution in [2.24, 2.45) is 0 Å². The zero-order valence-electron chi connectivity index (χ0n) is 32.6. The minimum atomic E-state index is -0.316. The molecule has 2 aromatic heterocycles. The lowest BCUT2D eigenvalue weighted by Gasteiger charge is -2.24. The Morgan fingerprint density at radius 2 is 0.763 bits per heavy atom. The summed E-state index contributed by atoms with van der Waals surface area (Å²) in [6.45, 7) is 4.69. The molecule has 12 aromatic rings. The van der Waals surface area contributed by atoms with Crippen molar-refractivity contribution in [3.8, 4) is 22.5 Å². The summed E-state index contributed by atoms with van der Waals surface area (Å²) >= 11 is 0. The molecule has 13 rings (SSSR count). The van der Waals surface area contributed by atoms with Gasteiger partial charge in [0.2, 0.25) is 0 Å². The first-order chi connectivity index (χ1) is 28.9. The average Bonchev–Trinajstić information content (AvgIpc) is 3.73. The molecular formula is C56H36N2O. The number of hydrogen-bond donors (Lipinski definition) is 0. The first-order valence-electron chi connectivity index (χ1n) is 20.5. The molecule has 1 aliphatic rings. The molecule has 0 amide bonds. The monoisotopic (exact) mass is 752 g/mol. The predicted octanol–water partition coefficient (Wildman–Crippen LogP) is 14.2. The number of aromatic nitrogens is 2. The van der Waals surface area contributed by atoms with Gasteiger partial charge >= 0.3 is 0 Å². The Kier molecular flexibility index (Phi) is 6.38. The van der Waals surface area contributed by atoms with Crippen LogP contribution in [0.3, 0.4) is 0 Å². The van der Waals surface area contributed by atoms with Crippen LogP contribution in [0.4, 0.5) is 0 Å². The maximum absolute atomic E-state index is 15.1. The summed E-state index contributed by atoms with van der Waals surface area (Å²) in [6.07, 6.45) is 0. The van der Waals surface area contributed by atoms with Gasteiger partial charge in [-0.15, -0.1) is 0 Å². The van der Waals surface area contributed by atoms with Crippen LogP contribution in [0.25, 0.3) is 109 Å². The zero-order valence-corrected chi connectivity index (χ0v) is 32.6. The predicted molar refractivity (Wildman–Crippen MR) is 249 cm³/mol. The number of rotatable bonds is 2. The molecule has 3 heteroatoms. The van der Waals surface area contributed by atoms with Crippen molar-refractivity contribution in [2.45, 2.75) is 19.3 Å². The Bertz CT molecular complexity index is 3850. The van der Waals surface area contributed by atoms with Gasteiger partial charge in [0.1, 0.15) is 0 Å². The van der Waals surface area contributed by atoms with Crippen LogP contribution in [0, 0.1) is 0 Å². The zero-order chi connectivity index (χ0) is 39.1. The lowest BCUT2D eigenvalue weighted by atomic mass is 9.81. The fourth-order valence-electron chi connectivity index (χ4n) is 10.7. The van der Waals surface area contributed by atoms with Crippen molar-refractivity contribution in [3.05, 3.63) is 203 Å². The van der Waals surface area contributed by atoms with Gasteiger partial charge in [-0.3, -0.25) is 4.79 Å². The van der Waals surface area contributed by atoms with E-state index >= 15 is 4.79 Å². The third-order valence-electron chi connectivity index (χ3n) is 13.4. The highest BCUT2D eigenvalue weighted by Crippen LogP contribution is 2.52. The maximum Gasteiger partial charge on any atom is 0.197 e. The molecule has 10 aromatic carbocycles. The molecule has 0 fully saturated rings. The Morgan fingerprint density at radius 3 is 1.37 bits per heavy atom. The highest BCUT2D eigenvalue weighted by Gasteiger charge is 2.37. The van der Waals surface area contributed by atoms with Gasteiger partial charge in [0.05, 0.1) is 22.1 Å². The van der Waals surface area contributed by atoms with E-state index in [0.717, 1.165) is 55.2 Å². The Hall–Kier alpha value is -7.49. The summed E-state index contributed by atoms with van der Waals surface area (Å²) in [6, 6.07) is 65.7. The highest BCUT2D eigenvalue weighted by molar-refractivity contribution is 6.26. The summed E-state index contributed by atoms with van der Waals surface area (Å²) in [5, 5.41) is 13.6. The van der Waals surface area contributed by atoms with Crippen LogP contribution in [0.15, 0.2) is 187 Å². The Labute approximate surface area is 339 Å². The molecule has 3 nitrogen and oxygen atoms in total. The van der Waals surface area contributed by atoms with Crippen LogP contribution in [-0.2, 0) is 5.41 Å². The molecule has 59 heavy (non-hydrogen) atoms. The molecule has 1 aliphatic carbocycles. The smallest absolute Gasteiger partial charge is 0.197 e. The van der Waals surface area contributed by atoms with Crippen LogP contribution in [0.2, 0.25) is 0 Å². The Morgan fingerprint density at radius 1 is 0.339 bits per heavy atom. The van der Waals surface area contributed by atoms with E-state index in [1.165, 1.54) is 59.8 Å². The molecule has 276 valence electrons. The molecule has 0 saturated heterocycles. The van der Waals surface area contributed by atoms with Gasteiger partial charge in [-0.05, 0) is 132 Å². The number of fused-ring (bicyclic) bond motifs is 15. The molecule has 0 saturated carbocycles. The van der Waals surface area contributed by atoms with Crippen molar-refractivity contribution < 1.29 is 0 Å². The SMILES string of the molecule is CC1(C)c2cc3c4ccccc4c4ccccc4c3cc2-c2cc3c(=O)c4cc5ccccc5cc4n(-c4cccc(-n5c6ccccc6c6ccccc65)c4)c3cc21. The highest BCUT2D eigenvalue weighted by atomic mass is 16.1. The van der Waals surface area contributed by atoms with Gasteiger partial charge in [0.25, 0.3) is 0 Å².